The maximum Gasteiger partial charge on any atom is 0.311 e. The summed E-state index contributed by atoms with van der Waals surface area (Å²) in [4.78, 5) is 24.0. The Kier molecular flexibility index (Phi) is 4.07. The van der Waals surface area contributed by atoms with Crippen molar-refractivity contribution in [1.82, 2.24) is 9.62 Å². The predicted octanol–water partition coefficient (Wildman–Crippen LogP) is 1.45. The lowest BCUT2D eigenvalue weighted by Gasteiger charge is -2.23. The number of benzene rings is 1. The first-order valence-corrected chi connectivity index (χ1v) is 10.4. The standard InChI is InChI=1S/C18H22N2O5S/c21-16(19-14-6-7-14)12-3-1-5-15(9-12)26(24,25)20-10-13-4-2-8-18(13,11-20)17(22)23/h1,3,5,9,13-14H,2,4,6-8,10-11H2,(H,19,21)(H,22,23)/t13-,18+/m0/s1. The number of rotatable bonds is 5. The average Bonchev–Trinajstić information content (AvgIpc) is 3.18. The van der Waals surface area contributed by atoms with Crippen molar-refractivity contribution in [1.29, 1.82) is 0 Å². The molecule has 3 aliphatic rings. The summed E-state index contributed by atoms with van der Waals surface area (Å²) in [5.74, 6) is -1.32. The zero-order chi connectivity index (χ0) is 18.5. The second kappa shape index (κ2) is 6.06. The van der Waals surface area contributed by atoms with E-state index in [0.717, 1.165) is 25.7 Å². The van der Waals surface area contributed by atoms with Crippen LogP contribution in [0.15, 0.2) is 29.2 Å². The molecule has 1 heterocycles. The van der Waals surface area contributed by atoms with Crippen molar-refractivity contribution in [2.75, 3.05) is 13.1 Å². The molecule has 2 saturated carbocycles. The van der Waals surface area contributed by atoms with Gasteiger partial charge in [0.15, 0.2) is 0 Å². The molecule has 2 N–H and O–H groups in total. The van der Waals surface area contributed by atoms with Crippen LogP contribution in [0.4, 0.5) is 0 Å². The molecule has 4 rings (SSSR count). The van der Waals surface area contributed by atoms with Gasteiger partial charge in [-0.1, -0.05) is 12.5 Å². The molecule has 2 aliphatic carbocycles. The van der Waals surface area contributed by atoms with Gasteiger partial charge < -0.3 is 10.4 Å². The van der Waals surface area contributed by atoms with Crippen LogP contribution in [-0.2, 0) is 14.8 Å². The van der Waals surface area contributed by atoms with Gasteiger partial charge in [0.05, 0.1) is 10.3 Å². The Morgan fingerprint density at radius 1 is 1.23 bits per heavy atom. The van der Waals surface area contributed by atoms with E-state index in [1.54, 1.807) is 12.1 Å². The number of fused-ring (bicyclic) bond motifs is 1. The molecule has 0 spiro atoms. The Labute approximate surface area is 152 Å². The molecule has 1 amide bonds. The lowest BCUT2D eigenvalue weighted by Crippen LogP contribution is -2.37. The first-order valence-electron chi connectivity index (χ1n) is 8.97. The number of nitrogens with zero attached hydrogens (tertiary/aromatic N) is 1. The van der Waals surface area contributed by atoms with Gasteiger partial charge in [-0.3, -0.25) is 9.59 Å². The van der Waals surface area contributed by atoms with Gasteiger partial charge in [0.2, 0.25) is 10.0 Å². The zero-order valence-corrected chi connectivity index (χ0v) is 15.2. The second-order valence-electron chi connectivity index (χ2n) is 7.62. The summed E-state index contributed by atoms with van der Waals surface area (Å²) >= 11 is 0. The molecular weight excluding hydrogens is 356 g/mol. The van der Waals surface area contributed by atoms with Crippen LogP contribution in [0.25, 0.3) is 0 Å². The molecule has 26 heavy (non-hydrogen) atoms. The topological polar surface area (TPSA) is 104 Å². The zero-order valence-electron chi connectivity index (χ0n) is 14.3. The van der Waals surface area contributed by atoms with Crippen LogP contribution >= 0.6 is 0 Å². The van der Waals surface area contributed by atoms with Crippen molar-refractivity contribution in [2.24, 2.45) is 11.3 Å². The summed E-state index contributed by atoms with van der Waals surface area (Å²) in [6, 6.07) is 6.18. The summed E-state index contributed by atoms with van der Waals surface area (Å²) in [6.07, 6.45) is 3.99. The van der Waals surface area contributed by atoms with E-state index in [0.29, 0.717) is 12.0 Å². The third kappa shape index (κ3) is 2.81. The van der Waals surface area contributed by atoms with Gasteiger partial charge in [0.25, 0.3) is 5.91 Å². The Morgan fingerprint density at radius 2 is 2.00 bits per heavy atom. The molecule has 1 aromatic rings. The van der Waals surface area contributed by atoms with Gasteiger partial charge in [-0.25, -0.2) is 8.42 Å². The molecule has 1 aromatic carbocycles. The highest BCUT2D eigenvalue weighted by molar-refractivity contribution is 7.89. The molecule has 3 fully saturated rings. The highest BCUT2D eigenvalue weighted by atomic mass is 32.2. The second-order valence-corrected chi connectivity index (χ2v) is 9.56. The van der Waals surface area contributed by atoms with E-state index in [1.165, 1.54) is 16.4 Å². The molecular formula is C18H22N2O5S. The summed E-state index contributed by atoms with van der Waals surface area (Å²) in [6.45, 7) is 0.237. The molecule has 0 unspecified atom stereocenters. The van der Waals surface area contributed by atoms with E-state index in [2.05, 4.69) is 5.32 Å². The molecule has 1 saturated heterocycles. The SMILES string of the molecule is O=C(NC1CC1)c1cccc(S(=O)(=O)N2C[C@@H]3CCC[C@@]3(C(=O)O)C2)c1. The van der Waals surface area contributed by atoms with Crippen LogP contribution in [0, 0.1) is 11.3 Å². The van der Waals surface area contributed by atoms with Gasteiger partial charge in [-0.05, 0) is 49.8 Å². The average molecular weight is 378 g/mol. The van der Waals surface area contributed by atoms with Crippen molar-refractivity contribution in [2.45, 2.75) is 43.0 Å². The van der Waals surface area contributed by atoms with Gasteiger partial charge in [0, 0.05) is 24.7 Å². The van der Waals surface area contributed by atoms with E-state index < -0.39 is 21.4 Å². The molecule has 0 bridgehead atoms. The molecule has 0 radical (unpaired) electrons. The maximum atomic E-state index is 13.0. The van der Waals surface area contributed by atoms with Crippen LogP contribution in [0.1, 0.15) is 42.5 Å². The number of carboxylic acids is 1. The number of carbonyl (C=O) groups is 2. The van der Waals surface area contributed by atoms with E-state index in [1.807, 2.05) is 0 Å². The minimum atomic E-state index is -3.83. The fourth-order valence-corrected chi connectivity index (χ4v) is 5.82. The summed E-state index contributed by atoms with van der Waals surface area (Å²) < 4.78 is 27.4. The minimum Gasteiger partial charge on any atom is -0.481 e. The van der Waals surface area contributed by atoms with Crippen molar-refractivity contribution in [3.8, 4) is 0 Å². The minimum absolute atomic E-state index is 0.00777. The number of amides is 1. The lowest BCUT2D eigenvalue weighted by molar-refractivity contribution is -0.149. The third-order valence-corrected chi connectivity index (χ3v) is 7.72. The van der Waals surface area contributed by atoms with E-state index in [-0.39, 0.29) is 35.9 Å². The van der Waals surface area contributed by atoms with Crippen LogP contribution in [0.2, 0.25) is 0 Å². The predicted molar refractivity (Wildman–Crippen MR) is 93.1 cm³/mol. The molecule has 2 atom stereocenters. The Balaban J connectivity index is 1.59. The first-order chi connectivity index (χ1) is 12.3. The van der Waals surface area contributed by atoms with Crippen LogP contribution < -0.4 is 5.32 Å². The molecule has 7 nitrogen and oxygen atoms in total. The Morgan fingerprint density at radius 3 is 2.65 bits per heavy atom. The number of hydrogen-bond acceptors (Lipinski definition) is 4. The van der Waals surface area contributed by atoms with Gasteiger partial charge >= 0.3 is 5.97 Å². The van der Waals surface area contributed by atoms with Crippen LogP contribution in [0.3, 0.4) is 0 Å². The largest absolute Gasteiger partial charge is 0.481 e. The number of carboxylic acid groups (broad SMARTS) is 1. The summed E-state index contributed by atoms with van der Waals surface area (Å²) in [5.41, 5.74) is -0.654. The fourth-order valence-electron chi connectivity index (χ4n) is 4.22. The lowest BCUT2D eigenvalue weighted by atomic mass is 9.81. The first kappa shape index (κ1) is 17.5. The van der Waals surface area contributed by atoms with Gasteiger partial charge in [0.1, 0.15) is 0 Å². The summed E-state index contributed by atoms with van der Waals surface area (Å²) in [7, 11) is -3.83. The Bertz CT molecular complexity index is 864. The maximum absolute atomic E-state index is 13.0. The van der Waals surface area contributed by atoms with Gasteiger partial charge in [-0.2, -0.15) is 4.31 Å². The molecule has 8 heteroatoms. The molecule has 1 aliphatic heterocycles. The number of nitrogens with one attached hydrogen (secondary N) is 1. The summed E-state index contributed by atoms with van der Waals surface area (Å²) in [5, 5.41) is 12.5. The van der Waals surface area contributed by atoms with Crippen molar-refractivity contribution >= 4 is 21.9 Å². The third-order valence-electron chi connectivity index (χ3n) is 5.91. The van der Waals surface area contributed by atoms with Crippen molar-refractivity contribution in [3.05, 3.63) is 29.8 Å². The fraction of sp³-hybridized carbons (Fsp3) is 0.556. The van der Waals surface area contributed by atoms with Crippen LogP contribution in [-0.4, -0.2) is 48.8 Å². The van der Waals surface area contributed by atoms with E-state index >= 15 is 0 Å². The Hall–Kier alpha value is -1.93. The number of sulfonamides is 1. The monoisotopic (exact) mass is 378 g/mol. The van der Waals surface area contributed by atoms with E-state index in [4.69, 9.17) is 0 Å². The van der Waals surface area contributed by atoms with E-state index in [9.17, 15) is 23.1 Å². The number of carbonyl (C=O) groups excluding carboxylic acids is 1. The molecule has 0 aromatic heterocycles. The number of hydrogen-bond donors (Lipinski definition) is 2. The van der Waals surface area contributed by atoms with Gasteiger partial charge in [-0.15, -0.1) is 0 Å². The van der Waals surface area contributed by atoms with Crippen molar-refractivity contribution < 1.29 is 23.1 Å². The number of aliphatic carboxylic acids is 1. The highest BCUT2D eigenvalue weighted by Gasteiger charge is 2.57. The smallest absolute Gasteiger partial charge is 0.311 e. The molecule has 140 valence electrons. The van der Waals surface area contributed by atoms with Crippen molar-refractivity contribution in [3.63, 3.8) is 0 Å². The quantitative estimate of drug-likeness (QED) is 0.807. The normalized spacial score (nSPS) is 28.7. The highest BCUT2D eigenvalue weighted by Crippen LogP contribution is 2.50. The van der Waals surface area contributed by atoms with Crippen LogP contribution in [0.5, 0.6) is 0 Å².